The third-order valence-corrected chi connectivity index (χ3v) is 17.0. The van der Waals surface area contributed by atoms with Gasteiger partial charge in [0.2, 0.25) is 0 Å². The molecule has 4 heteroatoms. The van der Waals surface area contributed by atoms with Crippen molar-refractivity contribution in [3.63, 3.8) is 0 Å². The first-order chi connectivity index (χ1) is 8.03. The summed E-state index contributed by atoms with van der Waals surface area (Å²) in [6, 6.07) is 8.63. The van der Waals surface area contributed by atoms with Crippen molar-refractivity contribution in [3.8, 4) is 0 Å². The zero-order valence-electron chi connectivity index (χ0n) is 10.6. The Morgan fingerprint density at radius 2 is 1.94 bits per heavy atom. The van der Waals surface area contributed by atoms with E-state index in [1.165, 1.54) is 26.5 Å². The molecule has 0 aliphatic carbocycles. The van der Waals surface area contributed by atoms with Gasteiger partial charge in [0.05, 0.1) is 0 Å². The summed E-state index contributed by atoms with van der Waals surface area (Å²) < 4.78 is 8.18. The second-order valence-corrected chi connectivity index (χ2v) is 30.4. The van der Waals surface area contributed by atoms with Crippen LogP contribution in [0.5, 0.6) is 0 Å². The van der Waals surface area contributed by atoms with Gasteiger partial charge in [0.25, 0.3) is 0 Å². The van der Waals surface area contributed by atoms with Gasteiger partial charge < -0.3 is 0 Å². The molecule has 0 radical (unpaired) electrons. The van der Waals surface area contributed by atoms with E-state index in [0.717, 1.165) is 0 Å². The molecule has 0 fully saturated rings. The van der Waals surface area contributed by atoms with Crippen molar-refractivity contribution in [1.82, 2.24) is 0 Å². The molecule has 0 saturated carbocycles. The number of halogens is 2. The van der Waals surface area contributed by atoms with Gasteiger partial charge in [-0.1, -0.05) is 0 Å². The van der Waals surface area contributed by atoms with Crippen LogP contribution < -0.4 is 3.61 Å². The fourth-order valence-electron chi connectivity index (χ4n) is 1.65. The summed E-state index contributed by atoms with van der Waals surface area (Å²) in [4.78, 5) is 0. The summed E-state index contributed by atoms with van der Waals surface area (Å²) >= 11 is 5.74. The van der Waals surface area contributed by atoms with Gasteiger partial charge in [-0.15, -0.1) is 0 Å². The number of unbranched alkanes of at least 4 members (excludes halogenated alkanes) is 1. The molecule has 98 valence electrons. The predicted molar refractivity (Wildman–Crippen MR) is 84.8 cm³/mol. The zero-order chi connectivity index (χ0) is 12.9. The van der Waals surface area contributed by atoms with Crippen molar-refractivity contribution in [3.05, 3.63) is 29.8 Å². The quantitative estimate of drug-likeness (QED) is 0.541. The minimum atomic E-state index is -2.25. The molecule has 0 spiro atoms. The van der Waals surface area contributed by atoms with Gasteiger partial charge in [-0.05, 0) is 0 Å². The van der Waals surface area contributed by atoms with Gasteiger partial charge in [-0.25, -0.2) is 0 Å². The molecular weight excluding hydrogens is 460 g/mol. The van der Waals surface area contributed by atoms with Crippen molar-refractivity contribution >= 4 is 42.9 Å². The van der Waals surface area contributed by atoms with E-state index < -0.39 is 13.8 Å². The van der Waals surface area contributed by atoms with E-state index in [0.29, 0.717) is 0 Å². The normalized spacial score (nSPS) is 14.6. The van der Waals surface area contributed by atoms with Crippen LogP contribution in [0.15, 0.2) is 24.3 Å². The number of hydrogen-bond donors (Lipinski definition) is 0. The number of benzene rings is 1. The first-order valence-corrected chi connectivity index (χ1v) is 19.1. The maximum atomic E-state index is 5.47. The van der Waals surface area contributed by atoms with Crippen LogP contribution in [0.3, 0.4) is 0 Å². The van der Waals surface area contributed by atoms with Crippen LogP contribution in [0.25, 0.3) is 0 Å². The summed E-state index contributed by atoms with van der Waals surface area (Å²) in [6.45, 7) is 4.35. The van der Waals surface area contributed by atoms with Gasteiger partial charge in [0.1, 0.15) is 0 Å². The Kier molecular flexibility index (Phi) is 7.05. The molecular formula is C13H20Br2OTe. The molecule has 0 heterocycles. The van der Waals surface area contributed by atoms with Crippen LogP contribution in [0, 0.1) is 0 Å². The molecule has 0 N–H and O–H groups in total. The predicted octanol–water partition coefficient (Wildman–Crippen LogP) is 4.63. The van der Waals surface area contributed by atoms with Gasteiger partial charge in [-0.3, -0.25) is 0 Å². The van der Waals surface area contributed by atoms with Crippen LogP contribution in [0.1, 0.15) is 38.4 Å². The van der Waals surface area contributed by atoms with Crippen LogP contribution in [0.2, 0.25) is 4.47 Å². The average Bonchev–Trinajstić information content (AvgIpc) is 2.35. The van der Waals surface area contributed by atoms with Crippen LogP contribution in [-0.2, 0) is 4.74 Å². The standard InChI is InChI=1S/C13H20Br2OTe/c1-4-5-10-17(14,15)13-9-7-6-8-12(13)11(2)16-3/h6-9,11H,4-5,10H2,1-3H3/t11-/m0/s1. The van der Waals surface area contributed by atoms with E-state index in [9.17, 15) is 0 Å². The monoisotopic (exact) mass is 480 g/mol. The van der Waals surface area contributed by atoms with Crippen molar-refractivity contribution in [2.75, 3.05) is 7.11 Å². The summed E-state index contributed by atoms with van der Waals surface area (Å²) in [7, 11) is 1.77. The third kappa shape index (κ3) is 4.51. The minimum absolute atomic E-state index is 0.161. The molecule has 1 aromatic rings. The Balaban J connectivity index is 3.03. The molecule has 0 amide bonds. The van der Waals surface area contributed by atoms with Crippen LogP contribution in [0.4, 0.5) is 0 Å². The molecule has 0 bridgehead atoms. The maximum absolute atomic E-state index is 5.47. The molecule has 17 heavy (non-hydrogen) atoms. The molecule has 1 aromatic carbocycles. The van der Waals surface area contributed by atoms with Crippen LogP contribution in [-0.4, -0.2) is 20.9 Å². The zero-order valence-corrected chi connectivity index (χ0v) is 16.1. The van der Waals surface area contributed by atoms with Crippen molar-refractivity contribution in [2.45, 2.75) is 37.3 Å². The number of ether oxygens (including phenoxy) is 1. The third-order valence-electron chi connectivity index (χ3n) is 2.79. The van der Waals surface area contributed by atoms with Gasteiger partial charge in [-0.2, -0.15) is 0 Å². The Hall–Kier alpha value is 0.930. The van der Waals surface area contributed by atoms with Gasteiger partial charge in [0, 0.05) is 0 Å². The fraction of sp³-hybridized carbons (Fsp3) is 0.538. The number of methoxy groups -OCH3 is 1. The molecule has 1 nitrogen and oxygen atoms in total. The van der Waals surface area contributed by atoms with Crippen molar-refractivity contribution in [2.24, 2.45) is 0 Å². The van der Waals surface area contributed by atoms with Gasteiger partial charge in [0.15, 0.2) is 0 Å². The van der Waals surface area contributed by atoms with E-state index in [4.69, 9.17) is 4.74 Å². The molecule has 1 atom stereocenters. The summed E-state index contributed by atoms with van der Waals surface area (Å²) in [6.07, 6.45) is 2.67. The topological polar surface area (TPSA) is 9.23 Å². The SMILES string of the molecule is CCCC[Te](Br)(Br)c1ccccc1[C@H](C)OC. The molecule has 0 saturated heterocycles. The molecule has 0 aromatic heterocycles. The fourth-order valence-corrected chi connectivity index (χ4v) is 13.6. The first-order valence-electron chi connectivity index (χ1n) is 5.85. The molecule has 0 unspecified atom stereocenters. The molecule has 0 aliphatic heterocycles. The summed E-state index contributed by atoms with van der Waals surface area (Å²) in [5.74, 6) is 0. The van der Waals surface area contributed by atoms with E-state index in [1.807, 2.05) is 0 Å². The first kappa shape index (κ1) is 16.0. The Bertz CT molecular complexity index is 355. The van der Waals surface area contributed by atoms with E-state index >= 15 is 0 Å². The second-order valence-electron chi connectivity index (χ2n) is 4.05. The number of hydrogen-bond acceptors (Lipinski definition) is 1. The van der Waals surface area contributed by atoms with E-state index in [-0.39, 0.29) is 6.10 Å². The van der Waals surface area contributed by atoms with Crippen LogP contribution >= 0.6 is 25.5 Å². The second kappa shape index (κ2) is 7.50. The summed E-state index contributed by atoms with van der Waals surface area (Å²) in [5, 5.41) is 0. The Morgan fingerprint density at radius 3 is 2.53 bits per heavy atom. The number of rotatable bonds is 6. The Labute approximate surface area is 121 Å². The Morgan fingerprint density at radius 1 is 1.29 bits per heavy atom. The average molecular weight is 480 g/mol. The van der Waals surface area contributed by atoms with E-state index in [2.05, 4.69) is 63.6 Å². The van der Waals surface area contributed by atoms with Gasteiger partial charge >= 0.3 is 122 Å². The van der Waals surface area contributed by atoms with Crippen molar-refractivity contribution in [1.29, 1.82) is 0 Å². The van der Waals surface area contributed by atoms with E-state index in [1.54, 1.807) is 7.11 Å². The summed E-state index contributed by atoms with van der Waals surface area (Å²) in [5.41, 5.74) is 1.32. The molecule has 1 rings (SSSR count). The molecule has 0 aliphatic rings. The van der Waals surface area contributed by atoms with Crippen molar-refractivity contribution < 1.29 is 4.74 Å².